The van der Waals surface area contributed by atoms with Crippen molar-refractivity contribution in [1.29, 1.82) is 0 Å². The van der Waals surface area contributed by atoms with Gasteiger partial charge in [-0.1, -0.05) is 30.3 Å². The Hall–Kier alpha value is -3.68. The molecule has 0 aliphatic carbocycles. The maximum absolute atomic E-state index is 13.1. The number of nitrogens with one attached hydrogen (secondary N) is 1. The summed E-state index contributed by atoms with van der Waals surface area (Å²) in [6.45, 7) is 0.670. The van der Waals surface area contributed by atoms with Gasteiger partial charge in [0.2, 0.25) is 5.91 Å². The van der Waals surface area contributed by atoms with Crippen LogP contribution >= 0.6 is 0 Å². The molecule has 0 fully saturated rings. The van der Waals surface area contributed by atoms with Crippen molar-refractivity contribution in [3.05, 3.63) is 60.2 Å². The fraction of sp³-hybridized carbons (Fsp3) is 0.200. The van der Waals surface area contributed by atoms with Crippen LogP contribution in [0.5, 0.6) is 0 Å². The number of hydrogen-bond donors (Lipinski definition) is 2. The Morgan fingerprint density at radius 1 is 1.04 bits per heavy atom. The van der Waals surface area contributed by atoms with Gasteiger partial charge in [-0.2, -0.15) is 0 Å². The average Bonchev–Trinajstić information content (AvgIpc) is 2.79. The minimum Gasteiger partial charge on any atom is -0.480 e. The molecule has 144 valence electrons. The van der Waals surface area contributed by atoms with Gasteiger partial charge in [0.15, 0.2) is 0 Å². The monoisotopic (exact) mass is 381 g/mol. The zero-order valence-corrected chi connectivity index (χ0v) is 15.2. The van der Waals surface area contributed by atoms with Crippen LogP contribution in [0.15, 0.2) is 54.6 Å². The highest BCUT2D eigenvalue weighted by molar-refractivity contribution is 6.10. The van der Waals surface area contributed by atoms with Crippen molar-refractivity contribution >= 4 is 35.1 Å². The molecule has 1 heterocycles. The van der Waals surface area contributed by atoms with Crippen LogP contribution in [0.3, 0.4) is 0 Å². The molecule has 0 saturated heterocycles. The molecule has 8 nitrogen and oxygen atoms in total. The highest BCUT2D eigenvalue weighted by atomic mass is 16.4. The van der Waals surface area contributed by atoms with Crippen molar-refractivity contribution in [2.75, 3.05) is 22.9 Å². The van der Waals surface area contributed by atoms with E-state index >= 15 is 0 Å². The van der Waals surface area contributed by atoms with Gasteiger partial charge in [0.1, 0.15) is 12.6 Å². The van der Waals surface area contributed by atoms with E-state index in [-0.39, 0.29) is 12.5 Å². The number of benzene rings is 2. The number of anilines is 2. The van der Waals surface area contributed by atoms with Crippen LogP contribution in [0.1, 0.15) is 17.3 Å². The zero-order valence-electron chi connectivity index (χ0n) is 15.2. The van der Waals surface area contributed by atoms with E-state index in [1.54, 1.807) is 54.6 Å². The largest absolute Gasteiger partial charge is 0.480 e. The van der Waals surface area contributed by atoms with E-state index in [1.807, 2.05) is 0 Å². The normalized spacial score (nSPS) is 16.2. The summed E-state index contributed by atoms with van der Waals surface area (Å²) in [5.41, 5.74) is 1.08. The second-order valence-corrected chi connectivity index (χ2v) is 6.33. The Morgan fingerprint density at radius 3 is 2.25 bits per heavy atom. The highest BCUT2D eigenvalue weighted by Gasteiger charge is 2.36. The molecule has 2 aromatic carbocycles. The van der Waals surface area contributed by atoms with E-state index < -0.39 is 30.4 Å². The summed E-state index contributed by atoms with van der Waals surface area (Å²) in [4.78, 5) is 51.6. The number of fused-ring (bicyclic) bond motifs is 1. The lowest BCUT2D eigenvalue weighted by Crippen LogP contribution is -2.53. The Kier molecular flexibility index (Phi) is 5.39. The second kappa shape index (κ2) is 7.91. The number of carbonyl (C=O) groups is 4. The van der Waals surface area contributed by atoms with Crippen molar-refractivity contribution < 1.29 is 24.3 Å². The fourth-order valence-corrected chi connectivity index (χ4v) is 3.12. The first-order chi connectivity index (χ1) is 13.4. The van der Waals surface area contributed by atoms with Crippen LogP contribution in [0.4, 0.5) is 11.4 Å². The molecule has 3 rings (SSSR count). The number of carboxylic acids is 1. The van der Waals surface area contributed by atoms with E-state index in [4.69, 9.17) is 0 Å². The molecule has 0 bridgehead atoms. The van der Waals surface area contributed by atoms with Gasteiger partial charge in [-0.05, 0) is 24.3 Å². The Balaban J connectivity index is 2.00. The summed E-state index contributed by atoms with van der Waals surface area (Å²) >= 11 is 0. The Bertz CT molecular complexity index is 928. The van der Waals surface area contributed by atoms with Gasteiger partial charge in [-0.15, -0.1) is 0 Å². The van der Waals surface area contributed by atoms with E-state index in [2.05, 4.69) is 5.32 Å². The summed E-state index contributed by atoms with van der Waals surface area (Å²) in [6.07, 6.45) is 0. The molecule has 1 aliphatic heterocycles. The standard InChI is InChI=1S/C20H19N3O5/c1-13(24)22-11-15(21-19(27)14-7-3-2-4-8-14)20(28)23(12-18(25)26)17-10-6-5-9-16(17)22/h2-10,15H,11-12H2,1H3,(H,21,27)(H,25,26)/t15-/m0/s1. The smallest absolute Gasteiger partial charge is 0.323 e. The van der Waals surface area contributed by atoms with Crippen molar-refractivity contribution in [2.45, 2.75) is 13.0 Å². The number of aliphatic carboxylic acids is 1. The van der Waals surface area contributed by atoms with Gasteiger partial charge in [-0.25, -0.2) is 0 Å². The third-order valence-corrected chi connectivity index (χ3v) is 4.41. The van der Waals surface area contributed by atoms with Gasteiger partial charge >= 0.3 is 5.97 Å². The fourth-order valence-electron chi connectivity index (χ4n) is 3.12. The van der Waals surface area contributed by atoms with Crippen molar-refractivity contribution in [2.24, 2.45) is 0 Å². The first-order valence-corrected chi connectivity index (χ1v) is 8.64. The number of nitrogens with zero attached hydrogens (tertiary/aromatic N) is 2. The first-order valence-electron chi connectivity index (χ1n) is 8.64. The molecule has 1 atom stereocenters. The van der Waals surface area contributed by atoms with Crippen LogP contribution in [0, 0.1) is 0 Å². The number of para-hydroxylation sites is 2. The molecule has 0 unspecified atom stereocenters. The maximum Gasteiger partial charge on any atom is 0.323 e. The molecule has 0 spiro atoms. The molecule has 1 aliphatic rings. The van der Waals surface area contributed by atoms with Crippen molar-refractivity contribution in [1.82, 2.24) is 5.32 Å². The van der Waals surface area contributed by atoms with E-state index in [1.165, 1.54) is 11.8 Å². The minimum absolute atomic E-state index is 0.0973. The summed E-state index contributed by atoms with van der Waals surface area (Å²) < 4.78 is 0. The molecule has 3 amide bonds. The Labute approximate surface area is 161 Å². The quantitative estimate of drug-likeness (QED) is 0.829. The van der Waals surface area contributed by atoms with Gasteiger partial charge in [0.25, 0.3) is 11.8 Å². The molecule has 2 N–H and O–H groups in total. The molecule has 0 aromatic heterocycles. The van der Waals surface area contributed by atoms with Gasteiger partial charge < -0.3 is 15.3 Å². The van der Waals surface area contributed by atoms with Gasteiger partial charge in [0, 0.05) is 12.5 Å². The average molecular weight is 381 g/mol. The molecule has 2 aromatic rings. The number of carboxylic acid groups (broad SMARTS) is 1. The summed E-state index contributed by atoms with van der Waals surface area (Å²) in [6, 6.07) is 13.8. The highest BCUT2D eigenvalue weighted by Crippen LogP contribution is 2.32. The van der Waals surface area contributed by atoms with Gasteiger partial charge in [-0.3, -0.25) is 24.1 Å². The third kappa shape index (κ3) is 3.85. The predicted octanol–water partition coefficient (Wildman–Crippen LogP) is 1.27. The second-order valence-electron chi connectivity index (χ2n) is 6.33. The number of rotatable bonds is 4. The van der Waals surface area contributed by atoms with Crippen molar-refractivity contribution in [3.63, 3.8) is 0 Å². The summed E-state index contributed by atoms with van der Waals surface area (Å²) in [7, 11) is 0. The van der Waals surface area contributed by atoms with Gasteiger partial charge in [0.05, 0.1) is 17.9 Å². The topological polar surface area (TPSA) is 107 Å². The third-order valence-electron chi connectivity index (χ3n) is 4.41. The molecule has 8 heteroatoms. The van der Waals surface area contributed by atoms with Crippen LogP contribution in [-0.2, 0) is 14.4 Å². The summed E-state index contributed by atoms with van der Waals surface area (Å²) in [5.74, 6) is -2.60. The molecule has 0 radical (unpaired) electrons. The molecule has 0 saturated carbocycles. The zero-order chi connectivity index (χ0) is 20.3. The lowest BCUT2D eigenvalue weighted by Gasteiger charge is -2.24. The summed E-state index contributed by atoms with van der Waals surface area (Å²) in [5, 5.41) is 11.9. The van der Waals surface area contributed by atoms with E-state index in [0.717, 1.165) is 4.90 Å². The van der Waals surface area contributed by atoms with E-state index in [0.29, 0.717) is 16.9 Å². The number of amides is 3. The molecule has 28 heavy (non-hydrogen) atoms. The molecular formula is C20H19N3O5. The van der Waals surface area contributed by atoms with Crippen LogP contribution < -0.4 is 15.1 Å². The number of carbonyl (C=O) groups excluding carboxylic acids is 3. The minimum atomic E-state index is -1.20. The SMILES string of the molecule is CC(=O)N1C[C@H](NC(=O)c2ccccc2)C(=O)N(CC(=O)O)c2ccccc21. The lowest BCUT2D eigenvalue weighted by atomic mass is 10.1. The van der Waals surface area contributed by atoms with E-state index in [9.17, 15) is 24.3 Å². The van der Waals surface area contributed by atoms with Crippen molar-refractivity contribution in [3.8, 4) is 0 Å². The molecular weight excluding hydrogens is 362 g/mol. The van der Waals surface area contributed by atoms with Crippen LogP contribution in [-0.4, -0.2) is 47.9 Å². The van der Waals surface area contributed by atoms with Crippen LogP contribution in [0.25, 0.3) is 0 Å². The number of hydrogen-bond acceptors (Lipinski definition) is 4. The maximum atomic E-state index is 13.1. The Morgan fingerprint density at radius 2 is 1.64 bits per heavy atom. The predicted molar refractivity (Wildman–Crippen MR) is 102 cm³/mol. The lowest BCUT2D eigenvalue weighted by molar-refractivity contribution is -0.136. The van der Waals surface area contributed by atoms with Crippen LogP contribution in [0.2, 0.25) is 0 Å². The first kappa shape index (κ1) is 19.1.